The van der Waals surface area contributed by atoms with Crippen LogP contribution in [0.4, 0.5) is 0 Å². The smallest absolute Gasteiger partial charge is 0.329 e. The second-order valence-corrected chi connectivity index (χ2v) is 2.56. The molecular formula is C8H13NO4. The Labute approximate surface area is 76.1 Å². The minimum atomic E-state index is -1.31. The fraction of sp³-hybridized carbons (Fsp3) is 0.500. The highest BCUT2D eigenvalue weighted by Crippen LogP contribution is 2.08. The Morgan fingerprint density at radius 1 is 1.69 bits per heavy atom. The quantitative estimate of drug-likeness (QED) is 0.387. The van der Waals surface area contributed by atoms with Gasteiger partial charge in [0.2, 0.25) is 6.41 Å². The Balaban J connectivity index is 4.44. The summed E-state index contributed by atoms with van der Waals surface area (Å²) in [5.74, 6) is -1.28. The number of aliphatic hydroxyl groups is 1. The van der Waals surface area contributed by atoms with E-state index in [9.17, 15) is 14.7 Å². The van der Waals surface area contributed by atoms with E-state index < -0.39 is 18.1 Å². The highest BCUT2D eigenvalue weighted by atomic mass is 16.4. The molecule has 3 N–H and O–H groups in total. The number of nitrogens with one attached hydrogen (secondary N) is 1. The topological polar surface area (TPSA) is 86.6 Å². The van der Waals surface area contributed by atoms with Crippen LogP contribution in [0.5, 0.6) is 0 Å². The van der Waals surface area contributed by atoms with Crippen molar-refractivity contribution >= 4 is 12.4 Å². The molecular weight excluding hydrogens is 174 g/mol. The number of aliphatic hydroxyl groups excluding tert-OH is 1. The lowest BCUT2D eigenvalue weighted by Gasteiger charge is -2.19. The van der Waals surface area contributed by atoms with Gasteiger partial charge in [-0.3, -0.25) is 4.79 Å². The van der Waals surface area contributed by atoms with Crippen molar-refractivity contribution in [2.24, 2.45) is 0 Å². The molecule has 0 aromatic rings. The van der Waals surface area contributed by atoms with Gasteiger partial charge in [-0.25, -0.2) is 4.79 Å². The van der Waals surface area contributed by atoms with Gasteiger partial charge in [0.15, 0.2) is 6.04 Å². The van der Waals surface area contributed by atoms with Gasteiger partial charge in [0.05, 0.1) is 0 Å². The molecule has 0 aromatic carbocycles. The number of aliphatic carboxylic acids is 1. The summed E-state index contributed by atoms with van der Waals surface area (Å²) in [5, 5.41) is 20.0. The summed E-state index contributed by atoms with van der Waals surface area (Å²) in [6, 6.07) is -1.31. The Hall–Kier alpha value is -1.36. The third-order valence-electron chi connectivity index (χ3n) is 1.70. The zero-order valence-corrected chi connectivity index (χ0v) is 7.36. The molecule has 0 radical (unpaired) electrons. The molecule has 13 heavy (non-hydrogen) atoms. The van der Waals surface area contributed by atoms with E-state index >= 15 is 0 Å². The monoisotopic (exact) mass is 187 g/mol. The summed E-state index contributed by atoms with van der Waals surface area (Å²) in [7, 11) is 0. The first-order chi connectivity index (χ1) is 6.04. The predicted molar refractivity (Wildman–Crippen MR) is 46.1 cm³/mol. The summed E-state index contributed by atoms with van der Waals surface area (Å²) in [6.07, 6.45) is -0.538. The zero-order valence-electron chi connectivity index (χ0n) is 7.36. The van der Waals surface area contributed by atoms with Gasteiger partial charge in [-0.1, -0.05) is 13.5 Å². The third kappa shape index (κ3) is 3.25. The van der Waals surface area contributed by atoms with Gasteiger partial charge in [-0.15, -0.1) is 0 Å². The van der Waals surface area contributed by atoms with E-state index in [4.69, 9.17) is 5.11 Å². The normalized spacial score (nSPS) is 14.3. The number of carboxylic acids is 1. The third-order valence-corrected chi connectivity index (χ3v) is 1.70. The summed E-state index contributed by atoms with van der Waals surface area (Å²) in [5.41, 5.74) is 0.377. The van der Waals surface area contributed by atoms with E-state index in [0.29, 0.717) is 12.0 Å². The second kappa shape index (κ2) is 5.31. The van der Waals surface area contributed by atoms with E-state index in [-0.39, 0.29) is 6.41 Å². The molecule has 74 valence electrons. The molecule has 0 aliphatic carbocycles. The molecule has 1 amide bonds. The molecule has 0 aromatic heterocycles. The van der Waals surface area contributed by atoms with E-state index in [1.54, 1.807) is 6.92 Å². The first-order valence-electron chi connectivity index (χ1n) is 3.82. The molecule has 2 unspecified atom stereocenters. The number of carbonyl (C=O) groups is 2. The fourth-order valence-corrected chi connectivity index (χ4v) is 0.816. The second-order valence-electron chi connectivity index (χ2n) is 2.56. The molecule has 0 aliphatic rings. The molecule has 0 heterocycles. The molecule has 0 saturated carbocycles. The van der Waals surface area contributed by atoms with Crippen molar-refractivity contribution < 1.29 is 19.8 Å². The summed E-state index contributed by atoms with van der Waals surface area (Å²) >= 11 is 0. The SMILES string of the molecule is C=C(CC)C(O)C(NC=O)C(=O)O. The van der Waals surface area contributed by atoms with Crippen LogP contribution in [0.25, 0.3) is 0 Å². The lowest BCUT2D eigenvalue weighted by Crippen LogP contribution is -2.46. The molecule has 5 heteroatoms. The number of rotatable bonds is 6. The molecule has 5 nitrogen and oxygen atoms in total. The van der Waals surface area contributed by atoms with Gasteiger partial charge in [-0.2, -0.15) is 0 Å². The fourth-order valence-electron chi connectivity index (χ4n) is 0.816. The highest BCUT2D eigenvalue weighted by molar-refractivity contribution is 5.77. The Morgan fingerprint density at radius 3 is 2.54 bits per heavy atom. The molecule has 0 bridgehead atoms. The van der Waals surface area contributed by atoms with E-state index in [2.05, 4.69) is 6.58 Å². The van der Waals surface area contributed by atoms with Crippen LogP contribution in [0, 0.1) is 0 Å². The summed E-state index contributed by atoms with van der Waals surface area (Å²) in [6.45, 7) is 5.23. The first kappa shape index (κ1) is 11.6. The lowest BCUT2D eigenvalue weighted by molar-refractivity contribution is -0.143. The highest BCUT2D eigenvalue weighted by Gasteiger charge is 2.26. The number of carboxylic acid groups (broad SMARTS) is 1. The van der Waals surface area contributed by atoms with Crippen LogP contribution in [0.3, 0.4) is 0 Å². The zero-order chi connectivity index (χ0) is 10.4. The van der Waals surface area contributed by atoms with Crippen LogP contribution in [-0.4, -0.2) is 34.7 Å². The van der Waals surface area contributed by atoms with Gasteiger partial charge < -0.3 is 15.5 Å². The van der Waals surface area contributed by atoms with Crippen LogP contribution in [0.15, 0.2) is 12.2 Å². The number of hydrogen-bond donors (Lipinski definition) is 3. The van der Waals surface area contributed by atoms with E-state index in [0.717, 1.165) is 0 Å². The summed E-state index contributed by atoms with van der Waals surface area (Å²) in [4.78, 5) is 20.5. The number of carbonyl (C=O) groups excluding carboxylic acids is 1. The maximum Gasteiger partial charge on any atom is 0.329 e. The van der Waals surface area contributed by atoms with Crippen LogP contribution < -0.4 is 5.32 Å². The van der Waals surface area contributed by atoms with Gasteiger partial charge in [0, 0.05) is 0 Å². The van der Waals surface area contributed by atoms with Gasteiger partial charge in [0.25, 0.3) is 0 Å². The molecule has 0 aliphatic heterocycles. The van der Waals surface area contributed by atoms with Crippen LogP contribution in [-0.2, 0) is 9.59 Å². The van der Waals surface area contributed by atoms with Crippen molar-refractivity contribution in [2.75, 3.05) is 0 Å². The average Bonchev–Trinajstić information content (AvgIpc) is 2.11. The van der Waals surface area contributed by atoms with E-state index in [1.807, 2.05) is 5.32 Å². The van der Waals surface area contributed by atoms with Gasteiger partial charge >= 0.3 is 5.97 Å². The Kier molecular flexibility index (Phi) is 4.76. The van der Waals surface area contributed by atoms with Crippen molar-refractivity contribution in [3.8, 4) is 0 Å². The van der Waals surface area contributed by atoms with Crippen LogP contribution in [0.2, 0.25) is 0 Å². The van der Waals surface area contributed by atoms with Crippen molar-refractivity contribution in [3.63, 3.8) is 0 Å². The van der Waals surface area contributed by atoms with Gasteiger partial charge in [-0.05, 0) is 12.0 Å². The Morgan fingerprint density at radius 2 is 2.23 bits per heavy atom. The minimum Gasteiger partial charge on any atom is -0.480 e. The van der Waals surface area contributed by atoms with Crippen LogP contribution >= 0.6 is 0 Å². The average molecular weight is 187 g/mol. The molecule has 0 saturated heterocycles. The molecule has 2 atom stereocenters. The summed E-state index contributed by atoms with van der Waals surface area (Å²) < 4.78 is 0. The maximum atomic E-state index is 10.5. The number of hydrogen-bond acceptors (Lipinski definition) is 3. The van der Waals surface area contributed by atoms with Crippen molar-refractivity contribution in [1.82, 2.24) is 5.32 Å². The predicted octanol–water partition coefficient (Wildman–Crippen LogP) is -0.487. The van der Waals surface area contributed by atoms with Crippen molar-refractivity contribution in [1.29, 1.82) is 0 Å². The van der Waals surface area contributed by atoms with Crippen LogP contribution in [0.1, 0.15) is 13.3 Å². The Bertz CT molecular complexity index is 214. The largest absolute Gasteiger partial charge is 0.480 e. The lowest BCUT2D eigenvalue weighted by atomic mass is 10.0. The van der Waals surface area contributed by atoms with E-state index in [1.165, 1.54) is 0 Å². The van der Waals surface area contributed by atoms with Crippen molar-refractivity contribution in [2.45, 2.75) is 25.5 Å². The molecule has 0 fully saturated rings. The standard InChI is InChI=1S/C8H13NO4/c1-3-5(2)7(11)6(8(12)13)9-4-10/h4,6-7,11H,2-3H2,1H3,(H,9,10)(H,12,13). The molecule has 0 rings (SSSR count). The minimum absolute atomic E-state index is 0.241. The maximum absolute atomic E-state index is 10.5. The number of amides is 1. The van der Waals surface area contributed by atoms with Gasteiger partial charge in [0.1, 0.15) is 6.10 Å². The first-order valence-corrected chi connectivity index (χ1v) is 3.82. The van der Waals surface area contributed by atoms with Crippen molar-refractivity contribution in [3.05, 3.63) is 12.2 Å². The molecule has 0 spiro atoms.